The third-order valence-electron chi connectivity index (χ3n) is 4.38. The van der Waals surface area contributed by atoms with E-state index < -0.39 is 0 Å². The third kappa shape index (κ3) is 2.75. The Labute approximate surface area is 134 Å². The van der Waals surface area contributed by atoms with Crippen LogP contribution in [-0.2, 0) is 12.8 Å². The maximum absolute atomic E-state index is 6.11. The van der Waals surface area contributed by atoms with Gasteiger partial charge in [-0.3, -0.25) is 0 Å². The lowest BCUT2D eigenvalue weighted by Gasteiger charge is -2.19. The second-order valence-electron chi connectivity index (χ2n) is 6.15. The Morgan fingerprint density at radius 1 is 1.33 bits per heavy atom. The summed E-state index contributed by atoms with van der Waals surface area (Å²) < 4.78 is 0. The Kier molecular flexibility index (Phi) is 3.52. The number of aryl methyl sites for hydroxylation is 3. The second-order valence-corrected chi connectivity index (χ2v) is 7.70. The maximum Gasteiger partial charge on any atom is 0.115 e. The van der Waals surface area contributed by atoms with Crippen LogP contribution in [0.2, 0.25) is 5.02 Å². The first-order chi connectivity index (χ1) is 10.2. The molecule has 4 rings (SSSR count). The number of nitrogens with zero attached hydrogens (tertiary/aromatic N) is 1. The van der Waals surface area contributed by atoms with Gasteiger partial charge in [0.05, 0.1) is 11.7 Å². The van der Waals surface area contributed by atoms with E-state index >= 15 is 0 Å². The van der Waals surface area contributed by atoms with Crippen molar-refractivity contribution < 1.29 is 0 Å². The van der Waals surface area contributed by atoms with Crippen LogP contribution >= 0.6 is 22.9 Å². The van der Waals surface area contributed by atoms with Gasteiger partial charge in [-0.25, -0.2) is 4.98 Å². The molecule has 1 fully saturated rings. The SMILES string of the molecule is Cc1cc(Cl)ccc1C(NC1CC1)c1nc2c(s1)CCC2. The Hall–Kier alpha value is -0.900. The van der Waals surface area contributed by atoms with Crippen molar-refractivity contribution in [2.45, 2.75) is 51.1 Å². The van der Waals surface area contributed by atoms with Crippen LogP contribution < -0.4 is 5.32 Å². The van der Waals surface area contributed by atoms with Crippen molar-refractivity contribution in [3.05, 3.63) is 49.9 Å². The van der Waals surface area contributed by atoms with Crippen LogP contribution in [0.25, 0.3) is 0 Å². The fraction of sp³-hybridized carbons (Fsp3) is 0.471. The van der Waals surface area contributed by atoms with Gasteiger partial charge < -0.3 is 5.32 Å². The van der Waals surface area contributed by atoms with Gasteiger partial charge >= 0.3 is 0 Å². The molecule has 1 unspecified atom stereocenters. The van der Waals surface area contributed by atoms with E-state index in [1.807, 2.05) is 17.4 Å². The molecule has 2 aliphatic carbocycles. The van der Waals surface area contributed by atoms with Crippen molar-refractivity contribution >= 4 is 22.9 Å². The molecule has 2 nitrogen and oxygen atoms in total. The molecular weight excluding hydrogens is 300 g/mol. The molecule has 1 aromatic carbocycles. The summed E-state index contributed by atoms with van der Waals surface area (Å²) in [5.41, 5.74) is 3.90. The number of fused-ring (bicyclic) bond motifs is 1. The molecule has 2 aliphatic rings. The summed E-state index contributed by atoms with van der Waals surface area (Å²) in [6.07, 6.45) is 6.21. The summed E-state index contributed by atoms with van der Waals surface area (Å²) >= 11 is 8.01. The Morgan fingerprint density at radius 3 is 2.90 bits per heavy atom. The molecule has 0 aliphatic heterocycles. The van der Waals surface area contributed by atoms with Crippen LogP contribution in [-0.4, -0.2) is 11.0 Å². The van der Waals surface area contributed by atoms with Crippen LogP contribution in [0, 0.1) is 6.92 Å². The van der Waals surface area contributed by atoms with Crippen LogP contribution in [0.5, 0.6) is 0 Å². The predicted octanol–water partition coefficient (Wildman–Crippen LogP) is 4.44. The van der Waals surface area contributed by atoms with Crippen molar-refractivity contribution in [1.29, 1.82) is 0 Å². The highest BCUT2D eigenvalue weighted by atomic mass is 35.5. The predicted molar refractivity (Wildman–Crippen MR) is 88.3 cm³/mol. The van der Waals surface area contributed by atoms with E-state index in [1.54, 1.807) is 0 Å². The van der Waals surface area contributed by atoms with Gasteiger partial charge in [0.25, 0.3) is 0 Å². The maximum atomic E-state index is 6.11. The van der Waals surface area contributed by atoms with Crippen molar-refractivity contribution in [3.63, 3.8) is 0 Å². The van der Waals surface area contributed by atoms with Crippen molar-refractivity contribution in [2.24, 2.45) is 0 Å². The molecule has 4 heteroatoms. The molecule has 0 spiro atoms. The molecule has 0 bridgehead atoms. The standard InChI is InChI=1S/C17H19ClN2S/c1-10-9-11(18)5-8-13(10)16(19-12-6-7-12)17-20-14-3-2-4-15(14)21-17/h5,8-9,12,16,19H,2-4,6-7H2,1H3. The molecule has 1 aromatic heterocycles. The van der Waals surface area contributed by atoms with E-state index in [4.69, 9.17) is 16.6 Å². The highest BCUT2D eigenvalue weighted by Gasteiger charge is 2.30. The fourth-order valence-electron chi connectivity index (χ4n) is 3.08. The number of benzene rings is 1. The Morgan fingerprint density at radius 2 is 2.19 bits per heavy atom. The number of halogens is 1. The lowest BCUT2D eigenvalue weighted by molar-refractivity contribution is 0.594. The average Bonchev–Trinajstić information content (AvgIpc) is 3.00. The zero-order valence-electron chi connectivity index (χ0n) is 12.2. The molecule has 1 heterocycles. The first-order valence-electron chi connectivity index (χ1n) is 7.71. The summed E-state index contributed by atoms with van der Waals surface area (Å²) in [6, 6.07) is 7.09. The molecule has 0 radical (unpaired) electrons. The van der Waals surface area contributed by atoms with Crippen LogP contribution in [0.15, 0.2) is 18.2 Å². The fourth-order valence-corrected chi connectivity index (χ4v) is 4.54. The van der Waals surface area contributed by atoms with Gasteiger partial charge in [-0.1, -0.05) is 17.7 Å². The monoisotopic (exact) mass is 318 g/mol. The summed E-state index contributed by atoms with van der Waals surface area (Å²) in [5, 5.41) is 5.82. The number of aromatic nitrogens is 1. The summed E-state index contributed by atoms with van der Waals surface area (Å²) in [7, 11) is 0. The van der Waals surface area contributed by atoms with E-state index in [2.05, 4.69) is 24.4 Å². The van der Waals surface area contributed by atoms with Crippen molar-refractivity contribution in [3.8, 4) is 0 Å². The molecule has 21 heavy (non-hydrogen) atoms. The topological polar surface area (TPSA) is 24.9 Å². The molecule has 1 atom stereocenters. The minimum absolute atomic E-state index is 0.227. The normalized spacial score (nSPS) is 18.8. The Bertz CT molecular complexity index is 654. The van der Waals surface area contributed by atoms with Crippen LogP contribution in [0.3, 0.4) is 0 Å². The highest BCUT2D eigenvalue weighted by molar-refractivity contribution is 7.11. The molecule has 1 saturated carbocycles. The largest absolute Gasteiger partial charge is 0.301 e. The van der Waals surface area contributed by atoms with Crippen LogP contribution in [0.4, 0.5) is 0 Å². The molecular formula is C17H19ClN2S. The van der Waals surface area contributed by atoms with Gasteiger partial charge in [0.15, 0.2) is 0 Å². The lowest BCUT2D eigenvalue weighted by atomic mass is 10.0. The number of thiazole rings is 1. The zero-order valence-corrected chi connectivity index (χ0v) is 13.7. The third-order valence-corrected chi connectivity index (χ3v) is 5.84. The molecule has 0 saturated heterocycles. The van der Waals surface area contributed by atoms with Crippen molar-refractivity contribution in [2.75, 3.05) is 0 Å². The molecule has 110 valence electrons. The first kappa shape index (κ1) is 13.7. The smallest absolute Gasteiger partial charge is 0.115 e. The Balaban J connectivity index is 1.72. The number of hydrogen-bond donors (Lipinski definition) is 1. The van der Waals surface area contributed by atoms with Crippen LogP contribution in [0.1, 0.15) is 52.0 Å². The number of nitrogens with one attached hydrogen (secondary N) is 1. The minimum Gasteiger partial charge on any atom is -0.301 e. The van der Waals surface area contributed by atoms with E-state index in [1.165, 1.54) is 52.4 Å². The van der Waals surface area contributed by atoms with E-state index in [9.17, 15) is 0 Å². The summed E-state index contributed by atoms with van der Waals surface area (Å²) in [5.74, 6) is 0. The van der Waals surface area contributed by atoms with E-state index in [0.29, 0.717) is 6.04 Å². The highest BCUT2D eigenvalue weighted by Crippen LogP contribution is 2.36. The minimum atomic E-state index is 0.227. The van der Waals surface area contributed by atoms with Gasteiger partial charge in [0, 0.05) is 15.9 Å². The quantitative estimate of drug-likeness (QED) is 0.901. The van der Waals surface area contributed by atoms with Gasteiger partial charge in [0.1, 0.15) is 5.01 Å². The summed E-state index contributed by atoms with van der Waals surface area (Å²) in [4.78, 5) is 6.43. The van der Waals surface area contributed by atoms with E-state index in [-0.39, 0.29) is 6.04 Å². The average molecular weight is 319 g/mol. The van der Waals surface area contributed by atoms with Gasteiger partial charge in [-0.2, -0.15) is 0 Å². The van der Waals surface area contributed by atoms with E-state index in [0.717, 1.165) is 11.4 Å². The molecule has 2 aromatic rings. The van der Waals surface area contributed by atoms with Gasteiger partial charge in [-0.15, -0.1) is 11.3 Å². The van der Waals surface area contributed by atoms with Gasteiger partial charge in [0.2, 0.25) is 0 Å². The molecule has 0 amide bonds. The first-order valence-corrected chi connectivity index (χ1v) is 8.91. The second kappa shape index (κ2) is 5.38. The number of rotatable bonds is 4. The number of hydrogen-bond acceptors (Lipinski definition) is 3. The lowest BCUT2D eigenvalue weighted by Crippen LogP contribution is -2.25. The zero-order chi connectivity index (χ0) is 14.4. The molecule has 1 N–H and O–H groups in total. The van der Waals surface area contributed by atoms with Gasteiger partial charge in [-0.05, 0) is 62.3 Å². The van der Waals surface area contributed by atoms with Crippen molar-refractivity contribution in [1.82, 2.24) is 10.3 Å². The summed E-state index contributed by atoms with van der Waals surface area (Å²) in [6.45, 7) is 2.14.